The van der Waals surface area contributed by atoms with Gasteiger partial charge >= 0.3 is 0 Å². The normalized spacial score (nSPS) is 13.6. The first-order valence-electron chi connectivity index (χ1n) is 7.39. The molecule has 2 aromatic carbocycles. The van der Waals surface area contributed by atoms with E-state index in [1.807, 2.05) is 0 Å². The largest absolute Gasteiger partial charge is 0.292 e. The molecule has 0 aliphatic carbocycles. The van der Waals surface area contributed by atoms with Crippen LogP contribution in [0.4, 0.5) is 17.6 Å². The van der Waals surface area contributed by atoms with Gasteiger partial charge in [-0.25, -0.2) is 34.4 Å². The maximum absolute atomic E-state index is 14.3. The molecule has 1 atom stereocenters. The second kappa shape index (κ2) is 6.99. The molecule has 4 nitrogen and oxygen atoms in total. The van der Waals surface area contributed by atoms with Crippen LogP contribution in [0.25, 0.3) is 0 Å². The van der Waals surface area contributed by atoms with Crippen molar-refractivity contribution in [2.24, 2.45) is 0 Å². The molecule has 0 amide bonds. The van der Waals surface area contributed by atoms with Crippen LogP contribution >= 0.6 is 0 Å². The Labute approximate surface area is 147 Å². The first-order valence-corrected chi connectivity index (χ1v) is 10.9. The third-order valence-corrected chi connectivity index (χ3v) is 9.03. The van der Waals surface area contributed by atoms with Gasteiger partial charge in [0.15, 0.2) is 28.2 Å². The highest BCUT2D eigenvalue weighted by molar-refractivity contribution is 8.67. The van der Waals surface area contributed by atoms with Crippen LogP contribution in [0.2, 0.25) is 0 Å². The topological polar surface area (TPSA) is 68.3 Å². The van der Waals surface area contributed by atoms with Crippen LogP contribution in [0.5, 0.6) is 0 Å². The molecular weight excluding hydrogens is 396 g/mol. The smallest absolute Gasteiger partial charge is 0.207 e. The van der Waals surface area contributed by atoms with E-state index >= 15 is 0 Å². The summed E-state index contributed by atoms with van der Waals surface area (Å²) >= 11 is 0. The standard InChI is InChI=1S/C16H14F4O4S2/c1-3-9(2)11-12(17)14(19)16(15(20)13(11)18)26(23,24)25(21,22)10-7-5-4-6-8-10/h4-9H,3H2,1-2H3. The zero-order valence-corrected chi connectivity index (χ0v) is 15.3. The molecule has 1 unspecified atom stereocenters. The average molecular weight is 410 g/mol. The van der Waals surface area contributed by atoms with Gasteiger partial charge in [0.05, 0.1) is 4.90 Å². The van der Waals surface area contributed by atoms with Gasteiger partial charge < -0.3 is 0 Å². The summed E-state index contributed by atoms with van der Waals surface area (Å²) in [5.41, 5.74) is -0.974. The lowest BCUT2D eigenvalue weighted by atomic mass is 9.97. The van der Waals surface area contributed by atoms with E-state index in [1.54, 1.807) is 0 Å². The minimum Gasteiger partial charge on any atom is -0.207 e. The molecule has 0 saturated carbocycles. The van der Waals surface area contributed by atoms with Crippen LogP contribution in [0, 0.1) is 23.3 Å². The van der Waals surface area contributed by atoms with Crippen LogP contribution in [-0.4, -0.2) is 16.8 Å². The maximum Gasteiger partial charge on any atom is 0.292 e. The Hall–Kier alpha value is -1.94. The number of benzene rings is 2. The van der Waals surface area contributed by atoms with Gasteiger partial charge in [0.25, 0.3) is 17.7 Å². The summed E-state index contributed by atoms with van der Waals surface area (Å²) in [7, 11) is -11.2. The van der Waals surface area contributed by atoms with Crippen molar-refractivity contribution in [2.75, 3.05) is 0 Å². The zero-order valence-electron chi connectivity index (χ0n) is 13.6. The van der Waals surface area contributed by atoms with E-state index in [-0.39, 0.29) is 6.42 Å². The molecule has 0 N–H and O–H groups in total. The molecule has 0 aliphatic heterocycles. The molecule has 0 aliphatic rings. The molecule has 0 radical (unpaired) electrons. The van der Waals surface area contributed by atoms with E-state index in [1.165, 1.54) is 32.0 Å². The molecule has 0 spiro atoms. The molecule has 0 heterocycles. The predicted molar refractivity (Wildman–Crippen MR) is 85.8 cm³/mol. The van der Waals surface area contributed by atoms with Gasteiger partial charge in [0, 0.05) is 5.56 Å². The Balaban J connectivity index is 2.85. The van der Waals surface area contributed by atoms with Gasteiger partial charge in [-0.2, -0.15) is 0 Å². The monoisotopic (exact) mass is 410 g/mol. The molecule has 26 heavy (non-hydrogen) atoms. The fraction of sp³-hybridized carbons (Fsp3) is 0.250. The molecule has 2 aromatic rings. The van der Waals surface area contributed by atoms with E-state index in [9.17, 15) is 34.4 Å². The summed E-state index contributed by atoms with van der Waals surface area (Å²) in [6.45, 7) is 2.79. The van der Waals surface area contributed by atoms with Crippen molar-refractivity contribution in [1.82, 2.24) is 0 Å². The van der Waals surface area contributed by atoms with Crippen LogP contribution in [0.3, 0.4) is 0 Å². The Morgan fingerprint density at radius 1 is 0.808 bits per heavy atom. The van der Waals surface area contributed by atoms with Crippen molar-refractivity contribution in [2.45, 2.75) is 36.0 Å². The van der Waals surface area contributed by atoms with Crippen LogP contribution in [-0.2, 0) is 17.7 Å². The first-order chi connectivity index (χ1) is 12.0. The lowest BCUT2D eigenvalue weighted by Crippen LogP contribution is -2.21. The quantitative estimate of drug-likeness (QED) is 0.426. The van der Waals surface area contributed by atoms with Gasteiger partial charge in [-0.05, 0) is 24.5 Å². The fourth-order valence-electron chi connectivity index (χ4n) is 2.31. The SMILES string of the molecule is CCC(C)c1c(F)c(F)c(S(=O)(=O)S(=O)(=O)c2ccccc2)c(F)c1F. The highest BCUT2D eigenvalue weighted by Crippen LogP contribution is 2.36. The van der Waals surface area contributed by atoms with Gasteiger partial charge in [-0.3, -0.25) is 0 Å². The number of rotatable bonds is 5. The Bertz CT molecular complexity index is 1020. The molecule has 2 rings (SSSR count). The lowest BCUT2D eigenvalue weighted by Gasteiger charge is -2.16. The fourth-order valence-corrected chi connectivity index (χ4v) is 6.08. The van der Waals surface area contributed by atoms with E-state index in [0.717, 1.165) is 12.1 Å². The van der Waals surface area contributed by atoms with Crippen LogP contribution in [0.1, 0.15) is 31.7 Å². The van der Waals surface area contributed by atoms with Crippen LogP contribution < -0.4 is 0 Å². The summed E-state index contributed by atoms with van der Waals surface area (Å²) in [4.78, 5) is -2.95. The van der Waals surface area contributed by atoms with Crippen molar-refractivity contribution >= 4 is 17.7 Å². The third-order valence-electron chi connectivity index (χ3n) is 3.93. The molecule has 142 valence electrons. The van der Waals surface area contributed by atoms with E-state index in [4.69, 9.17) is 0 Å². The molecule has 0 fully saturated rings. The maximum atomic E-state index is 14.3. The Kier molecular flexibility index (Phi) is 5.48. The summed E-state index contributed by atoms with van der Waals surface area (Å²) in [6.07, 6.45) is 0.112. The summed E-state index contributed by atoms with van der Waals surface area (Å²) in [5, 5.41) is 0. The second-order valence-corrected chi connectivity index (χ2v) is 10.9. The minimum absolute atomic E-state index is 0.112. The molecule has 0 bridgehead atoms. The van der Waals surface area contributed by atoms with Crippen molar-refractivity contribution in [3.63, 3.8) is 0 Å². The number of hydrogen-bond donors (Lipinski definition) is 0. The van der Waals surface area contributed by atoms with E-state index < -0.39 is 62.3 Å². The summed E-state index contributed by atoms with van der Waals surface area (Å²) in [6, 6.07) is 5.50. The first kappa shape index (κ1) is 20.4. The van der Waals surface area contributed by atoms with Crippen molar-refractivity contribution in [3.05, 3.63) is 59.2 Å². The number of hydrogen-bond acceptors (Lipinski definition) is 4. The molecule has 0 aromatic heterocycles. The second-order valence-electron chi connectivity index (χ2n) is 5.53. The highest BCUT2D eigenvalue weighted by Gasteiger charge is 2.42. The van der Waals surface area contributed by atoms with Crippen LogP contribution in [0.15, 0.2) is 40.1 Å². The van der Waals surface area contributed by atoms with Gasteiger partial charge in [-0.15, -0.1) is 0 Å². The predicted octanol–water partition coefficient (Wildman–Crippen LogP) is 3.92. The van der Waals surface area contributed by atoms with Crippen molar-refractivity contribution in [3.8, 4) is 0 Å². The molecule has 0 saturated heterocycles. The van der Waals surface area contributed by atoms with Gasteiger partial charge in [-0.1, -0.05) is 32.0 Å². The molecular formula is C16H14F4O4S2. The van der Waals surface area contributed by atoms with Gasteiger partial charge in [0.1, 0.15) is 0 Å². The zero-order chi connectivity index (χ0) is 19.9. The van der Waals surface area contributed by atoms with Crippen molar-refractivity contribution < 1.29 is 34.4 Å². The van der Waals surface area contributed by atoms with Gasteiger partial charge in [0.2, 0.25) is 0 Å². The summed E-state index contributed by atoms with van der Waals surface area (Å²) in [5.74, 6) is -9.35. The molecule has 10 heteroatoms. The van der Waals surface area contributed by atoms with E-state index in [2.05, 4.69) is 0 Å². The third kappa shape index (κ3) is 3.01. The Morgan fingerprint density at radius 2 is 1.27 bits per heavy atom. The number of halogens is 4. The minimum atomic E-state index is -5.80. The lowest BCUT2D eigenvalue weighted by molar-refractivity contribution is 0.399. The Morgan fingerprint density at radius 3 is 1.69 bits per heavy atom. The van der Waals surface area contributed by atoms with Crippen molar-refractivity contribution in [1.29, 1.82) is 0 Å². The average Bonchev–Trinajstić information content (AvgIpc) is 2.60. The summed E-state index contributed by atoms with van der Waals surface area (Å²) < 4.78 is 106. The highest BCUT2D eigenvalue weighted by atomic mass is 33.2. The van der Waals surface area contributed by atoms with E-state index in [0.29, 0.717) is 0 Å².